The van der Waals surface area contributed by atoms with Gasteiger partial charge in [0.05, 0.1) is 24.2 Å². The third kappa shape index (κ3) is 4.97. The number of aliphatic imine (C=N–C) groups is 1. The molecule has 0 fully saturated rings. The lowest BCUT2D eigenvalue weighted by molar-refractivity contribution is -0.114. The fraction of sp³-hybridized carbons (Fsp3) is 0.294. The summed E-state index contributed by atoms with van der Waals surface area (Å²) >= 11 is 0.714. The van der Waals surface area contributed by atoms with Crippen molar-refractivity contribution >= 4 is 59.1 Å². The summed E-state index contributed by atoms with van der Waals surface area (Å²) in [7, 11) is -7.40. The number of benzene rings is 1. The number of carbonyl (C=O) groups is 1. The van der Waals surface area contributed by atoms with Crippen LogP contribution in [0.15, 0.2) is 33.9 Å². The standard InChI is InChI=1S/C17H18N4O7S3/c1-4-27-13-9-10(6-7-12(13)28-30(3,23)24)8-11-14(18)21-16(19-15(11)22)29-17(20-21)31(25,26)5-2/h6-9,18H,4-5H2,1-3H3/b11-8-,18-14?. The van der Waals surface area contributed by atoms with Crippen LogP contribution in [0, 0.1) is 5.41 Å². The quantitative estimate of drug-likeness (QED) is 0.464. The van der Waals surface area contributed by atoms with Crippen LogP contribution < -0.4 is 8.92 Å². The highest BCUT2D eigenvalue weighted by Crippen LogP contribution is 2.33. The zero-order valence-electron chi connectivity index (χ0n) is 16.6. The number of hydrogen-bond donors (Lipinski definition) is 1. The fourth-order valence-electron chi connectivity index (χ4n) is 2.51. The van der Waals surface area contributed by atoms with Crippen LogP contribution in [0.1, 0.15) is 19.4 Å². The van der Waals surface area contributed by atoms with Gasteiger partial charge in [-0.15, -0.1) is 5.10 Å². The molecule has 1 aromatic carbocycles. The molecule has 0 radical (unpaired) electrons. The Bertz CT molecular complexity index is 1260. The van der Waals surface area contributed by atoms with Crippen molar-refractivity contribution < 1.29 is 30.6 Å². The van der Waals surface area contributed by atoms with Crippen LogP contribution >= 0.6 is 11.8 Å². The second kappa shape index (κ2) is 8.43. The van der Waals surface area contributed by atoms with Crippen LogP contribution in [0.3, 0.4) is 0 Å². The van der Waals surface area contributed by atoms with Crippen LogP contribution in [0.25, 0.3) is 6.08 Å². The molecule has 0 bridgehead atoms. The summed E-state index contributed by atoms with van der Waals surface area (Å²) in [5.74, 6) is -1.13. The lowest BCUT2D eigenvalue weighted by Gasteiger charge is -2.20. The van der Waals surface area contributed by atoms with E-state index >= 15 is 0 Å². The predicted molar refractivity (Wildman–Crippen MR) is 118 cm³/mol. The number of thioether (sulfide) groups is 1. The Morgan fingerprint density at radius 3 is 2.52 bits per heavy atom. The van der Waals surface area contributed by atoms with E-state index < -0.39 is 25.9 Å². The number of amides is 1. The molecule has 14 heteroatoms. The van der Waals surface area contributed by atoms with Crippen molar-refractivity contribution in [2.75, 3.05) is 18.6 Å². The van der Waals surface area contributed by atoms with Gasteiger partial charge in [-0.05, 0) is 42.5 Å². The smallest absolute Gasteiger partial charge is 0.306 e. The fourth-order valence-corrected chi connectivity index (χ4v) is 5.13. The van der Waals surface area contributed by atoms with Gasteiger partial charge in [0.15, 0.2) is 17.3 Å². The minimum Gasteiger partial charge on any atom is -0.490 e. The van der Waals surface area contributed by atoms with E-state index in [0.717, 1.165) is 11.3 Å². The third-order valence-corrected chi connectivity index (χ3v) is 7.47. The van der Waals surface area contributed by atoms with E-state index in [1.807, 2.05) is 0 Å². The molecule has 2 aliphatic heterocycles. The normalized spacial score (nSPS) is 18.0. The third-order valence-electron chi connectivity index (χ3n) is 3.90. The average Bonchev–Trinajstić information content (AvgIpc) is 3.11. The number of nitrogens with zero attached hydrogens (tertiary/aromatic N) is 3. The van der Waals surface area contributed by atoms with Crippen molar-refractivity contribution in [1.82, 2.24) is 5.01 Å². The summed E-state index contributed by atoms with van der Waals surface area (Å²) in [6.45, 7) is 3.40. The Balaban J connectivity index is 1.98. The largest absolute Gasteiger partial charge is 0.490 e. The number of hydrazone groups is 1. The molecule has 0 spiro atoms. The highest BCUT2D eigenvalue weighted by Gasteiger charge is 2.39. The van der Waals surface area contributed by atoms with Crippen molar-refractivity contribution in [3.8, 4) is 11.5 Å². The Labute approximate surface area is 183 Å². The molecule has 0 saturated heterocycles. The first-order valence-corrected chi connectivity index (χ1v) is 13.1. The van der Waals surface area contributed by atoms with Crippen LogP contribution in [-0.4, -0.2) is 61.7 Å². The molecule has 1 amide bonds. The Kier molecular flexibility index (Phi) is 6.25. The number of nitrogens with one attached hydrogen (secondary N) is 1. The molecule has 1 N–H and O–H groups in total. The molecule has 0 saturated carbocycles. The number of ether oxygens (including phenoxy) is 1. The van der Waals surface area contributed by atoms with Gasteiger partial charge in [-0.3, -0.25) is 10.2 Å². The first-order chi connectivity index (χ1) is 14.4. The highest BCUT2D eigenvalue weighted by atomic mass is 32.3. The number of sulfone groups is 1. The maximum absolute atomic E-state index is 12.5. The summed E-state index contributed by atoms with van der Waals surface area (Å²) in [4.78, 5) is 16.3. The van der Waals surface area contributed by atoms with Crippen LogP contribution in [-0.2, 0) is 24.7 Å². The molecule has 0 aromatic heterocycles. The van der Waals surface area contributed by atoms with Gasteiger partial charge in [-0.25, -0.2) is 8.42 Å². The number of fused-ring (bicyclic) bond motifs is 1. The Morgan fingerprint density at radius 2 is 1.90 bits per heavy atom. The predicted octanol–water partition coefficient (Wildman–Crippen LogP) is 1.44. The lowest BCUT2D eigenvalue weighted by atomic mass is 10.1. The summed E-state index contributed by atoms with van der Waals surface area (Å²) in [5.41, 5.74) is 0.288. The zero-order valence-corrected chi connectivity index (χ0v) is 19.1. The zero-order chi connectivity index (χ0) is 23.0. The molecule has 166 valence electrons. The minimum atomic E-state index is -3.78. The number of hydrogen-bond acceptors (Lipinski definition) is 10. The number of amidine groups is 2. The SMILES string of the molecule is CCOc1cc(/C=C2/C(=N)N3N=C(S(=O)(=O)CC)SC3=NC2=O)ccc1OS(C)(=O)=O. The summed E-state index contributed by atoms with van der Waals surface area (Å²) < 4.78 is 57.1. The second-order valence-corrected chi connectivity index (χ2v) is 11.2. The highest BCUT2D eigenvalue weighted by molar-refractivity contribution is 8.42. The van der Waals surface area contributed by atoms with Gasteiger partial charge in [0.25, 0.3) is 5.91 Å². The molecular weight excluding hydrogens is 468 g/mol. The minimum absolute atomic E-state index is 0.00826. The second-order valence-electron chi connectivity index (χ2n) is 6.22. The van der Waals surface area contributed by atoms with Crippen molar-refractivity contribution in [1.29, 1.82) is 5.41 Å². The molecule has 0 unspecified atom stereocenters. The van der Waals surface area contributed by atoms with E-state index in [-0.39, 0.29) is 44.8 Å². The molecule has 0 atom stereocenters. The Morgan fingerprint density at radius 1 is 1.19 bits per heavy atom. The summed E-state index contributed by atoms with van der Waals surface area (Å²) in [6.07, 6.45) is 2.25. The summed E-state index contributed by atoms with van der Waals surface area (Å²) in [6, 6.07) is 4.29. The van der Waals surface area contributed by atoms with E-state index in [0.29, 0.717) is 17.3 Å². The van der Waals surface area contributed by atoms with Gasteiger partial charge in [0.1, 0.15) is 0 Å². The van der Waals surface area contributed by atoms with E-state index in [9.17, 15) is 21.6 Å². The van der Waals surface area contributed by atoms with Crippen molar-refractivity contribution in [3.63, 3.8) is 0 Å². The van der Waals surface area contributed by atoms with Gasteiger partial charge < -0.3 is 8.92 Å². The van der Waals surface area contributed by atoms with Gasteiger partial charge in [-0.1, -0.05) is 13.0 Å². The molecule has 0 aliphatic carbocycles. The first kappa shape index (κ1) is 23.0. The van der Waals surface area contributed by atoms with Crippen molar-refractivity contribution in [3.05, 3.63) is 29.3 Å². The van der Waals surface area contributed by atoms with E-state index in [1.165, 1.54) is 31.2 Å². The summed E-state index contributed by atoms with van der Waals surface area (Å²) in [5, 5.41) is 13.2. The van der Waals surface area contributed by atoms with Crippen LogP contribution in [0.2, 0.25) is 0 Å². The van der Waals surface area contributed by atoms with Gasteiger partial charge in [0.2, 0.25) is 19.4 Å². The molecule has 1 aromatic rings. The molecule has 3 rings (SSSR count). The van der Waals surface area contributed by atoms with Gasteiger partial charge >= 0.3 is 10.1 Å². The molecule has 11 nitrogen and oxygen atoms in total. The van der Waals surface area contributed by atoms with Gasteiger partial charge in [0, 0.05) is 0 Å². The Hall–Kier alpha value is -2.71. The van der Waals surface area contributed by atoms with Crippen LogP contribution in [0.5, 0.6) is 11.5 Å². The lowest BCUT2D eigenvalue weighted by Crippen LogP contribution is -2.35. The maximum atomic E-state index is 12.5. The molecular formula is C17H18N4O7S3. The maximum Gasteiger partial charge on any atom is 0.306 e. The molecule has 2 aliphatic rings. The number of rotatable bonds is 6. The first-order valence-electron chi connectivity index (χ1n) is 8.84. The number of carbonyl (C=O) groups excluding carboxylic acids is 1. The topological polar surface area (TPSA) is 156 Å². The van der Waals surface area contributed by atoms with E-state index in [1.54, 1.807) is 6.92 Å². The average molecular weight is 487 g/mol. The van der Waals surface area contributed by atoms with Crippen molar-refractivity contribution in [2.24, 2.45) is 10.1 Å². The molecule has 2 heterocycles. The monoisotopic (exact) mass is 486 g/mol. The van der Waals surface area contributed by atoms with E-state index in [2.05, 4.69) is 10.1 Å². The van der Waals surface area contributed by atoms with Crippen LogP contribution in [0.4, 0.5) is 0 Å². The van der Waals surface area contributed by atoms with Crippen molar-refractivity contribution in [2.45, 2.75) is 13.8 Å². The van der Waals surface area contributed by atoms with Gasteiger partial charge in [-0.2, -0.15) is 18.4 Å². The molecule has 31 heavy (non-hydrogen) atoms. The van der Waals surface area contributed by atoms with E-state index in [4.69, 9.17) is 14.3 Å².